The van der Waals surface area contributed by atoms with Crippen LogP contribution < -0.4 is 20.3 Å². The zero-order valence-corrected chi connectivity index (χ0v) is 17.3. The summed E-state index contributed by atoms with van der Waals surface area (Å²) in [6.07, 6.45) is 6.22. The second-order valence-electron chi connectivity index (χ2n) is 8.95. The number of nitrogens with one attached hydrogen (secondary N) is 2. The average molecular weight is 421 g/mol. The van der Waals surface area contributed by atoms with Gasteiger partial charge in [-0.2, -0.15) is 8.78 Å². The van der Waals surface area contributed by atoms with Crippen LogP contribution in [-0.4, -0.2) is 57.5 Å². The lowest BCUT2D eigenvalue weighted by Crippen LogP contribution is -2.72. The molecule has 30 heavy (non-hydrogen) atoms. The van der Waals surface area contributed by atoms with E-state index in [-0.39, 0.29) is 11.8 Å². The molecule has 5 rings (SSSR count). The van der Waals surface area contributed by atoms with E-state index in [4.69, 9.17) is 9.47 Å². The molecule has 1 spiro atoms. The summed E-state index contributed by atoms with van der Waals surface area (Å²) in [6.45, 7) is -0.450. The van der Waals surface area contributed by atoms with Crippen LogP contribution in [0.25, 0.3) is 0 Å². The molecule has 4 unspecified atom stereocenters. The molecule has 0 radical (unpaired) electrons. The number of halogens is 2. The van der Waals surface area contributed by atoms with Crippen LogP contribution in [0.15, 0.2) is 29.3 Å². The molecule has 0 aromatic heterocycles. The van der Waals surface area contributed by atoms with Crippen LogP contribution in [0.3, 0.4) is 0 Å². The fraction of sp³-hybridized carbons (Fsp3) is 0.682. The van der Waals surface area contributed by atoms with Gasteiger partial charge in [-0.25, -0.2) is 0 Å². The summed E-state index contributed by atoms with van der Waals surface area (Å²) in [5, 5.41) is 7.26. The molecule has 1 aromatic rings. The minimum Gasteiger partial charge on any atom is -0.433 e. The molecular weight excluding hydrogens is 390 g/mol. The Morgan fingerprint density at radius 3 is 2.83 bits per heavy atom. The molecule has 4 fully saturated rings. The van der Waals surface area contributed by atoms with Crippen LogP contribution in [-0.2, 0) is 4.74 Å². The van der Waals surface area contributed by atoms with Crippen molar-refractivity contribution in [3.63, 3.8) is 0 Å². The van der Waals surface area contributed by atoms with Crippen molar-refractivity contribution in [2.45, 2.75) is 56.9 Å². The maximum absolute atomic E-state index is 12.7. The van der Waals surface area contributed by atoms with E-state index in [2.05, 4.69) is 20.5 Å². The van der Waals surface area contributed by atoms with Crippen LogP contribution in [0.2, 0.25) is 0 Å². The van der Waals surface area contributed by atoms with Gasteiger partial charge in [0.15, 0.2) is 5.96 Å². The number of fused-ring (bicyclic) bond motifs is 2. The van der Waals surface area contributed by atoms with Crippen molar-refractivity contribution >= 4 is 11.6 Å². The molecule has 2 N–H and O–H groups in total. The number of alkyl halides is 2. The van der Waals surface area contributed by atoms with Gasteiger partial charge in [0, 0.05) is 50.2 Å². The molecule has 2 saturated heterocycles. The first-order chi connectivity index (χ1) is 14.6. The number of hydrogen-bond donors (Lipinski definition) is 2. The van der Waals surface area contributed by atoms with Crippen LogP contribution in [0.5, 0.6) is 5.75 Å². The van der Waals surface area contributed by atoms with Crippen LogP contribution in [0.4, 0.5) is 14.5 Å². The smallest absolute Gasteiger partial charge is 0.387 e. The zero-order valence-electron chi connectivity index (χ0n) is 17.3. The Kier molecular flexibility index (Phi) is 5.21. The van der Waals surface area contributed by atoms with Crippen LogP contribution in [0, 0.1) is 11.3 Å². The fourth-order valence-electron chi connectivity index (χ4n) is 5.98. The van der Waals surface area contributed by atoms with Crippen molar-refractivity contribution in [2.75, 3.05) is 31.6 Å². The number of benzene rings is 1. The van der Waals surface area contributed by atoms with Gasteiger partial charge >= 0.3 is 6.61 Å². The maximum Gasteiger partial charge on any atom is 0.387 e. The Bertz CT molecular complexity index is 801. The highest BCUT2D eigenvalue weighted by Crippen LogP contribution is 2.62. The minimum absolute atomic E-state index is 0.198. The standard InChI is InChI=1S/C22H30F2N4O2/c1-25-21(27-18-15-8-12-29-19(15)22(18)9-4-10-22)26-14-7-11-28(13-14)16-5-2-3-6-17(16)30-20(23)24/h2-3,5-6,14-15,18-20H,4,7-13H2,1H3,(H2,25,26,27). The van der Waals surface area contributed by atoms with Gasteiger partial charge in [0.1, 0.15) is 5.75 Å². The van der Waals surface area contributed by atoms with E-state index in [1.165, 1.54) is 19.3 Å². The Morgan fingerprint density at radius 1 is 1.27 bits per heavy atom. The topological polar surface area (TPSA) is 58.1 Å². The van der Waals surface area contributed by atoms with E-state index in [1.807, 2.05) is 19.2 Å². The quantitative estimate of drug-likeness (QED) is 0.567. The third-order valence-electron chi connectivity index (χ3n) is 7.50. The number of guanidine groups is 1. The fourth-order valence-corrected chi connectivity index (χ4v) is 5.98. The predicted octanol–water partition coefficient (Wildman–Crippen LogP) is 2.99. The molecule has 4 atom stereocenters. The summed E-state index contributed by atoms with van der Waals surface area (Å²) in [5.41, 5.74) is 1.01. The van der Waals surface area contributed by atoms with Crippen molar-refractivity contribution in [3.8, 4) is 5.75 Å². The highest BCUT2D eigenvalue weighted by atomic mass is 19.3. The number of anilines is 1. The maximum atomic E-state index is 12.7. The van der Waals surface area contributed by atoms with Crippen molar-refractivity contribution in [2.24, 2.45) is 16.3 Å². The second kappa shape index (κ2) is 7.87. The second-order valence-corrected chi connectivity index (χ2v) is 8.95. The largest absolute Gasteiger partial charge is 0.433 e. The van der Waals surface area contributed by atoms with E-state index in [1.54, 1.807) is 12.1 Å². The molecule has 4 aliphatic rings. The molecule has 0 amide bonds. The lowest BCUT2D eigenvalue weighted by Gasteiger charge is -2.63. The van der Waals surface area contributed by atoms with Gasteiger partial charge in [-0.1, -0.05) is 18.6 Å². The molecule has 8 heteroatoms. The number of rotatable bonds is 5. The number of hydrogen-bond acceptors (Lipinski definition) is 4. The normalized spacial score (nSPS) is 32.0. The highest BCUT2D eigenvalue weighted by molar-refractivity contribution is 5.81. The Morgan fingerprint density at radius 2 is 2.10 bits per heavy atom. The van der Waals surface area contributed by atoms with E-state index in [9.17, 15) is 8.78 Å². The Labute approximate surface area is 176 Å². The summed E-state index contributed by atoms with van der Waals surface area (Å²) in [7, 11) is 1.81. The number of ether oxygens (including phenoxy) is 2. The van der Waals surface area contributed by atoms with Gasteiger partial charge in [0.2, 0.25) is 0 Å². The monoisotopic (exact) mass is 420 g/mol. The molecule has 2 aliphatic carbocycles. The summed E-state index contributed by atoms with van der Waals surface area (Å²) in [6, 6.07) is 7.63. The first-order valence-corrected chi connectivity index (χ1v) is 11.0. The van der Waals surface area contributed by atoms with Crippen molar-refractivity contribution < 1.29 is 18.3 Å². The molecular formula is C22H30F2N4O2. The Hall–Kier alpha value is -2.09. The van der Waals surface area contributed by atoms with E-state index >= 15 is 0 Å². The van der Waals surface area contributed by atoms with Crippen LogP contribution in [0.1, 0.15) is 32.1 Å². The summed E-state index contributed by atoms with van der Waals surface area (Å²) < 4.78 is 36.2. The molecule has 0 bridgehead atoms. The molecule has 2 saturated carbocycles. The van der Waals surface area contributed by atoms with E-state index in [0.29, 0.717) is 29.2 Å². The van der Waals surface area contributed by atoms with Gasteiger partial charge < -0.3 is 25.0 Å². The lowest BCUT2D eigenvalue weighted by atomic mass is 9.46. The minimum atomic E-state index is -2.82. The van der Waals surface area contributed by atoms with Crippen molar-refractivity contribution in [1.29, 1.82) is 0 Å². The van der Waals surface area contributed by atoms with E-state index in [0.717, 1.165) is 38.5 Å². The van der Waals surface area contributed by atoms with Crippen molar-refractivity contribution in [1.82, 2.24) is 10.6 Å². The van der Waals surface area contributed by atoms with E-state index < -0.39 is 6.61 Å². The van der Waals surface area contributed by atoms with Gasteiger partial charge in [-0.05, 0) is 37.8 Å². The molecule has 2 aliphatic heterocycles. The van der Waals surface area contributed by atoms with Crippen molar-refractivity contribution in [3.05, 3.63) is 24.3 Å². The Balaban J connectivity index is 1.21. The summed E-state index contributed by atoms with van der Waals surface area (Å²) in [5.74, 6) is 1.65. The molecule has 6 nitrogen and oxygen atoms in total. The first kappa shape index (κ1) is 19.8. The number of para-hydroxylation sites is 2. The molecule has 2 heterocycles. The molecule has 1 aromatic carbocycles. The zero-order chi connectivity index (χ0) is 20.7. The van der Waals surface area contributed by atoms with Crippen LogP contribution >= 0.6 is 0 Å². The average Bonchev–Trinajstić information content (AvgIpc) is 3.32. The summed E-state index contributed by atoms with van der Waals surface area (Å²) >= 11 is 0. The van der Waals surface area contributed by atoms with Gasteiger partial charge in [-0.15, -0.1) is 0 Å². The lowest BCUT2D eigenvalue weighted by molar-refractivity contribution is -0.171. The predicted molar refractivity (Wildman–Crippen MR) is 111 cm³/mol. The third-order valence-corrected chi connectivity index (χ3v) is 7.50. The van der Waals surface area contributed by atoms with Gasteiger partial charge in [-0.3, -0.25) is 4.99 Å². The highest BCUT2D eigenvalue weighted by Gasteiger charge is 2.66. The third kappa shape index (κ3) is 3.29. The number of nitrogens with zero attached hydrogens (tertiary/aromatic N) is 2. The first-order valence-electron chi connectivity index (χ1n) is 11.0. The molecule has 164 valence electrons. The number of aliphatic imine (C=N–C) groups is 1. The van der Waals surface area contributed by atoms with Gasteiger partial charge in [0.05, 0.1) is 11.8 Å². The van der Waals surface area contributed by atoms with Gasteiger partial charge in [0.25, 0.3) is 0 Å². The summed E-state index contributed by atoms with van der Waals surface area (Å²) in [4.78, 5) is 6.57. The SMILES string of the molecule is CN=C(NC1CCN(c2ccccc2OC(F)F)C1)NC1C2CCOC2C12CCC2.